The van der Waals surface area contributed by atoms with Crippen molar-refractivity contribution in [2.45, 2.75) is 46.1 Å². The van der Waals surface area contributed by atoms with Gasteiger partial charge < -0.3 is 10.4 Å². The second kappa shape index (κ2) is 5.66. The van der Waals surface area contributed by atoms with Crippen LogP contribution in [0.15, 0.2) is 12.2 Å². The molecule has 1 aliphatic carbocycles. The van der Waals surface area contributed by atoms with Crippen molar-refractivity contribution in [1.82, 2.24) is 5.32 Å². The molecular weight excluding hydrogens is 186 g/mol. The van der Waals surface area contributed by atoms with Gasteiger partial charge in [-0.1, -0.05) is 32.9 Å². The summed E-state index contributed by atoms with van der Waals surface area (Å²) in [5.41, 5.74) is -0.0144. The van der Waals surface area contributed by atoms with Crippen LogP contribution in [-0.4, -0.2) is 24.3 Å². The first-order chi connectivity index (χ1) is 7.00. The average Bonchev–Trinajstić information content (AvgIpc) is 2.18. The van der Waals surface area contributed by atoms with Crippen LogP contribution in [0.2, 0.25) is 0 Å². The fourth-order valence-electron chi connectivity index (χ4n) is 1.77. The highest BCUT2D eigenvalue weighted by Crippen LogP contribution is 2.19. The van der Waals surface area contributed by atoms with Crippen LogP contribution in [0.3, 0.4) is 0 Å². The molecule has 0 amide bonds. The predicted octanol–water partition coefficient (Wildman–Crippen LogP) is 2.34. The van der Waals surface area contributed by atoms with E-state index >= 15 is 0 Å². The lowest BCUT2D eigenvalue weighted by atomic mass is 9.89. The van der Waals surface area contributed by atoms with Gasteiger partial charge in [0, 0.05) is 6.54 Å². The van der Waals surface area contributed by atoms with Crippen molar-refractivity contribution in [3.8, 4) is 0 Å². The minimum atomic E-state index is -0.253. The summed E-state index contributed by atoms with van der Waals surface area (Å²) in [6.45, 7) is 7.97. The molecule has 2 N–H and O–H groups in total. The van der Waals surface area contributed by atoms with Gasteiger partial charge in [-0.05, 0) is 37.1 Å². The molecule has 2 heteroatoms. The number of hydrogen-bond acceptors (Lipinski definition) is 2. The molecule has 2 nitrogen and oxygen atoms in total. The molecule has 0 aliphatic heterocycles. The van der Waals surface area contributed by atoms with E-state index in [1.807, 2.05) is 0 Å². The third-order valence-electron chi connectivity index (χ3n) is 3.15. The highest BCUT2D eigenvalue weighted by Gasteiger charge is 2.21. The fourth-order valence-corrected chi connectivity index (χ4v) is 1.77. The molecule has 2 atom stereocenters. The molecule has 0 bridgehead atoms. The Morgan fingerprint density at radius 1 is 1.40 bits per heavy atom. The van der Waals surface area contributed by atoms with Gasteiger partial charge in [-0.15, -0.1) is 0 Å². The Balaban J connectivity index is 2.13. The van der Waals surface area contributed by atoms with Gasteiger partial charge in [-0.25, -0.2) is 0 Å². The van der Waals surface area contributed by atoms with Crippen molar-refractivity contribution in [1.29, 1.82) is 0 Å². The summed E-state index contributed by atoms with van der Waals surface area (Å²) in [6.07, 6.45) is 7.98. The Hall–Kier alpha value is -0.340. The van der Waals surface area contributed by atoms with Gasteiger partial charge in [0.2, 0.25) is 0 Å². The molecule has 0 spiro atoms. The maximum Gasteiger partial charge on any atom is 0.0712 e. The Kier molecular flexibility index (Phi) is 4.81. The number of rotatable bonds is 4. The summed E-state index contributed by atoms with van der Waals surface area (Å²) in [7, 11) is 0. The highest BCUT2D eigenvalue weighted by atomic mass is 16.3. The molecule has 0 aromatic heterocycles. The first kappa shape index (κ1) is 12.7. The zero-order valence-electron chi connectivity index (χ0n) is 10.3. The van der Waals surface area contributed by atoms with Gasteiger partial charge in [-0.3, -0.25) is 0 Å². The fraction of sp³-hybridized carbons (Fsp3) is 0.846. The average molecular weight is 211 g/mol. The number of allylic oxidation sites excluding steroid dienone is 2. The summed E-state index contributed by atoms with van der Waals surface area (Å²) in [4.78, 5) is 0. The molecule has 0 fully saturated rings. The molecule has 0 saturated carbocycles. The van der Waals surface area contributed by atoms with Gasteiger partial charge in [0.25, 0.3) is 0 Å². The normalized spacial score (nSPS) is 24.1. The van der Waals surface area contributed by atoms with Crippen LogP contribution in [0.25, 0.3) is 0 Å². The summed E-state index contributed by atoms with van der Waals surface area (Å²) < 4.78 is 0. The minimum Gasteiger partial charge on any atom is -0.391 e. The smallest absolute Gasteiger partial charge is 0.0712 e. The van der Waals surface area contributed by atoms with E-state index in [0.717, 1.165) is 12.5 Å². The van der Waals surface area contributed by atoms with Crippen LogP contribution in [0.5, 0.6) is 0 Å². The number of aliphatic hydroxyl groups excluding tert-OH is 1. The van der Waals surface area contributed by atoms with Crippen LogP contribution in [-0.2, 0) is 0 Å². The third-order valence-corrected chi connectivity index (χ3v) is 3.15. The third kappa shape index (κ3) is 4.80. The highest BCUT2D eigenvalue weighted by molar-refractivity contribution is 4.90. The summed E-state index contributed by atoms with van der Waals surface area (Å²) in [5, 5.41) is 13.2. The zero-order chi connectivity index (χ0) is 11.3. The van der Waals surface area contributed by atoms with Gasteiger partial charge in [-0.2, -0.15) is 0 Å². The van der Waals surface area contributed by atoms with Crippen LogP contribution in [0.4, 0.5) is 0 Å². The zero-order valence-corrected chi connectivity index (χ0v) is 10.3. The van der Waals surface area contributed by atoms with E-state index in [9.17, 15) is 5.11 Å². The Morgan fingerprint density at radius 2 is 2.13 bits per heavy atom. The van der Waals surface area contributed by atoms with E-state index < -0.39 is 0 Å². The number of hydrogen-bond donors (Lipinski definition) is 2. The monoisotopic (exact) mass is 211 g/mol. The van der Waals surface area contributed by atoms with Crippen molar-refractivity contribution in [2.24, 2.45) is 11.3 Å². The van der Waals surface area contributed by atoms with Gasteiger partial charge in [0.15, 0.2) is 0 Å². The molecular formula is C13H25NO. The number of nitrogens with one attached hydrogen (secondary N) is 1. The first-order valence-corrected chi connectivity index (χ1v) is 6.04. The first-order valence-electron chi connectivity index (χ1n) is 6.04. The topological polar surface area (TPSA) is 32.3 Å². The summed E-state index contributed by atoms with van der Waals surface area (Å²) in [6, 6.07) is 0. The lowest BCUT2D eigenvalue weighted by Crippen LogP contribution is -2.38. The maximum absolute atomic E-state index is 9.84. The lowest BCUT2D eigenvalue weighted by molar-refractivity contribution is 0.0621. The largest absolute Gasteiger partial charge is 0.391 e. The molecule has 2 unspecified atom stereocenters. The SMILES string of the molecule is CC(C)(C)C(O)CNCC1CC=CCC1. The van der Waals surface area contributed by atoms with E-state index in [-0.39, 0.29) is 11.5 Å². The minimum absolute atomic E-state index is 0.0144. The molecule has 15 heavy (non-hydrogen) atoms. The van der Waals surface area contributed by atoms with Crippen molar-refractivity contribution in [3.63, 3.8) is 0 Å². The van der Waals surface area contributed by atoms with Gasteiger partial charge in [0.1, 0.15) is 0 Å². The van der Waals surface area contributed by atoms with E-state index in [0.29, 0.717) is 6.54 Å². The molecule has 0 saturated heterocycles. The molecule has 88 valence electrons. The van der Waals surface area contributed by atoms with Crippen LogP contribution < -0.4 is 5.32 Å². The van der Waals surface area contributed by atoms with Gasteiger partial charge >= 0.3 is 0 Å². The second-order valence-electron chi connectivity index (χ2n) is 5.69. The molecule has 1 aliphatic rings. The van der Waals surface area contributed by atoms with E-state index in [4.69, 9.17) is 0 Å². The van der Waals surface area contributed by atoms with Crippen molar-refractivity contribution in [2.75, 3.05) is 13.1 Å². The summed E-state index contributed by atoms with van der Waals surface area (Å²) in [5.74, 6) is 0.766. The maximum atomic E-state index is 9.84. The van der Waals surface area contributed by atoms with Crippen molar-refractivity contribution < 1.29 is 5.11 Å². The molecule has 0 heterocycles. The molecule has 0 radical (unpaired) electrons. The molecule has 1 rings (SSSR count). The number of aliphatic hydroxyl groups is 1. The van der Waals surface area contributed by atoms with E-state index in [1.165, 1.54) is 19.3 Å². The van der Waals surface area contributed by atoms with Gasteiger partial charge in [0.05, 0.1) is 6.10 Å². The molecule has 0 aromatic carbocycles. The predicted molar refractivity (Wildman–Crippen MR) is 64.8 cm³/mol. The van der Waals surface area contributed by atoms with Crippen LogP contribution >= 0.6 is 0 Å². The Bertz CT molecular complexity index is 205. The Labute approximate surface area is 93.8 Å². The second-order valence-corrected chi connectivity index (χ2v) is 5.69. The van der Waals surface area contributed by atoms with E-state index in [1.54, 1.807) is 0 Å². The lowest BCUT2D eigenvalue weighted by Gasteiger charge is -2.27. The molecule has 0 aromatic rings. The van der Waals surface area contributed by atoms with Crippen LogP contribution in [0, 0.1) is 11.3 Å². The van der Waals surface area contributed by atoms with Crippen molar-refractivity contribution >= 4 is 0 Å². The van der Waals surface area contributed by atoms with E-state index in [2.05, 4.69) is 38.2 Å². The summed E-state index contributed by atoms with van der Waals surface area (Å²) >= 11 is 0. The standard InChI is InChI=1S/C13H25NO/c1-13(2,3)12(15)10-14-9-11-7-5-4-6-8-11/h4-5,11-12,14-15H,6-10H2,1-3H3. The van der Waals surface area contributed by atoms with Crippen LogP contribution in [0.1, 0.15) is 40.0 Å². The van der Waals surface area contributed by atoms with Crippen molar-refractivity contribution in [3.05, 3.63) is 12.2 Å². The Morgan fingerprint density at radius 3 is 2.67 bits per heavy atom. The quantitative estimate of drug-likeness (QED) is 0.700.